The van der Waals surface area contributed by atoms with Gasteiger partial charge in [-0.3, -0.25) is 14.5 Å². The fraction of sp³-hybridized carbons (Fsp3) is 0.812. The molecule has 21 heavy (non-hydrogen) atoms. The predicted molar refractivity (Wildman–Crippen MR) is 85.4 cm³/mol. The quantitative estimate of drug-likeness (QED) is 0.894. The Bertz CT molecular complexity index is 475. The Morgan fingerprint density at radius 2 is 1.86 bits per heavy atom. The topological polar surface area (TPSA) is 36.3 Å². The summed E-state index contributed by atoms with van der Waals surface area (Å²) >= 11 is 0. The van der Waals surface area contributed by atoms with Gasteiger partial charge in [0.15, 0.2) is 0 Å². The fourth-order valence-electron chi connectivity index (χ4n) is 3.34. The second-order valence-corrected chi connectivity index (χ2v) is 7.55. The summed E-state index contributed by atoms with van der Waals surface area (Å²) in [6.45, 7) is 14.9. The molecule has 2 saturated heterocycles. The zero-order valence-corrected chi connectivity index (χ0v) is 13.9. The van der Waals surface area contributed by atoms with Crippen LogP contribution in [0.1, 0.15) is 32.0 Å². The molecular formula is C16H29N5. The van der Waals surface area contributed by atoms with Crippen LogP contribution in [0.5, 0.6) is 0 Å². The van der Waals surface area contributed by atoms with Crippen LogP contribution < -0.4 is 5.32 Å². The van der Waals surface area contributed by atoms with Gasteiger partial charge in [-0.25, -0.2) is 0 Å². The van der Waals surface area contributed by atoms with Gasteiger partial charge in [-0.05, 0) is 0 Å². The van der Waals surface area contributed by atoms with Gasteiger partial charge in [0.05, 0.1) is 5.69 Å². The summed E-state index contributed by atoms with van der Waals surface area (Å²) in [7, 11) is 2.03. The third-order valence-electron chi connectivity index (χ3n) is 4.69. The van der Waals surface area contributed by atoms with E-state index >= 15 is 0 Å². The Morgan fingerprint density at radius 3 is 2.38 bits per heavy atom. The molecule has 5 heteroatoms. The maximum absolute atomic E-state index is 4.68. The summed E-state index contributed by atoms with van der Waals surface area (Å²) in [5.74, 6) is 0. The average Bonchev–Trinajstić information content (AvgIpc) is 2.70. The van der Waals surface area contributed by atoms with E-state index < -0.39 is 0 Å². The lowest BCUT2D eigenvalue weighted by atomic mass is 9.89. The first-order chi connectivity index (χ1) is 9.93. The Hall–Kier alpha value is -0.910. The molecule has 0 aromatic carbocycles. The highest BCUT2D eigenvalue weighted by atomic mass is 15.3. The molecule has 2 aliphatic heterocycles. The van der Waals surface area contributed by atoms with Crippen molar-refractivity contribution in [2.45, 2.75) is 38.8 Å². The molecule has 2 aliphatic rings. The highest BCUT2D eigenvalue weighted by molar-refractivity contribution is 5.24. The fourth-order valence-corrected chi connectivity index (χ4v) is 3.34. The molecule has 5 nitrogen and oxygen atoms in total. The minimum atomic E-state index is 0.121. The van der Waals surface area contributed by atoms with Crippen LogP contribution >= 0.6 is 0 Å². The van der Waals surface area contributed by atoms with Gasteiger partial charge < -0.3 is 5.32 Å². The number of aromatic nitrogens is 2. The van der Waals surface area contributed by atoms with Crippen molar-refractivity contribution in [3.8, 4) is 0 Å². The van der Waals surface area contributed by atoms with Crippen LogP contribution in [0, 0.1) is 0 Å². The Labute approximate surface area is 128 Å². The lowest BCUT2D eigenvalue weighted by Crippen LogP contribution is -2.61. The molecule has 1 N–H and O–H groups in total. The van der Waals surface area contributed by atoms with E-state index in [-0.39, 0.29) is 5.41 Å². The molecular weight excluding hydrogens is 262 g/mol. The van der Waals surface area contributed by atoms with E-state index in [1.807, 2.05) is 11.7 Å². The summed E-state index contributed by atoms with van der Waals surface area (Å²) in [6, 6.07) is 0.788. The largest absolute Gasteiger partial charge is 0.314 e. The zero-order chi connectivity index (χ0) is 15.0. The van der Waals surface area contributed by atoms with E-state index in [1.165, 1.54) is 50.5 Å². The second kappa shape index (κ2) is 5.71. The van der Waals surface area contributed by atoms with Crippen molar-refractivity contribution in [1.29, 1.82) is 0 Å². The molecule has 0 bridgehead atoms. The number of rotatable bonds is 3. The molecule has 3 rings (SSSR count). The SMILES string of the molecule is Cn1cc(CN2CCN(C3CNC3)CC2)c(C(C)(C)C)n1. The smallest absolute Gasteiger partial charge is 0.0722 e. The number of aryl methyl sites for hydroxylation is 1. The third kappa shape index (κ3) is 3.30. The minimum Gasteiger partial charge on any atom is -0.314 e. The molecule has 0 atom stereocenters. The Morgan fingerprint density at radius 1 is 1.19 bits per heavy atom. The van der Waals surface area contributed by atoms with E-state index in [0.717, 1.165) is 12.6 Å². The summed E-state index contributed by atoms with van der Waals surface area (Å²) in [4.78, 5) is 5.22. The maximum Gasteiger partial charge on any atom is 0.0722 e. The molecule has 1 aromatic rings. The molecule has 0 radical (unpaired) electrons. The molecule has 1 aromatic heterocycles. The van der Waals surface area contributed by atoms with Crippen molar-refractivity contribution in [3.05, 3.63) is 17.5 Å². The van der Waals surface area contributed by atoms with Gasteiger partial charge in [-0.15, -0.1) is 0 Å². The van der Waals surface area contributed by atoms with Gasteiger partial charge in [0, 0.05) is 76.1 Å². The Balaban J connectivity index is 1.60. The van der Waals surface area contributed by atoms with E-state index in [4.69, 9.17) is 0 Å². The molecule has 0 unspecified atom stereocenters. The van der Waals surface area contributed by atoms with Crippen molar-refractivity contribution in [2.75, 3.05) is 39.3 Å². The Kier molecular flexibility index (Phi) is 4.08. The molecule has 0 amide bonds. The normalized spacial score (nSPS) is 22.5. The highest BCUT2D eigenvalue weighted by Gasteiger charge is 2.29. The van der Waals surface area contributed by atoms with E-state index in [0.29, 0.717) is 0 Å². The molecule has 2 fully saturated rings. The van der Waals surface area contributed by atoms with Gasteiger partial charge in [0.1, 0.15) is 0 Å². The van der Waals surface area contributed by atoms with Crippen LogP contribution in [0.2, 0.25) is 0 Å². The number of piperazine rings is 1. The third-order valence-corrected chi connectivity index (χ3v) is 4.69. The molecule has 118 valence electrons. The van der Waals surface area contributed by atoms with Crippen LogP contribution in [0.3, 0.4) is 0 Å². The summed E-state index contributed by atoms with van der Waals surface area (Å²) in [5.41, 5.74) is 2.76. The van der Waals surface area contributed by atoms with Crippen LogP contribution in [0.15, 0.2) is 6.20 Å². The number of nitrogens with one attached hydrogen (secondary N) is 1. The molecule has 0 spiro atoms. The van der Waals surface area contributed by atoms with Crippen LogP contribution in [0.4, 0.5) is 0 Å². The summed E-state index contributed by atoms with van der Waals surface area (Å²) in [5, 5.41) is 8.05. The predicted octanol–water partition coefficient (Wildman–Crippen LogP) is 0.807. The second-order valence-electron chi connectivity index (χ2n) is 7.55. The number of nitrogens with zero attached hydrogens (tertiary/aromatic N) is 4. The summed E-state index contributed by atoms with van der Waals surface area (Å²) in [6.07, 6.45) is 2.20. The van der Waals surface area contributed by atoms with Crippen molar-refractivity contribution in [3.63, 3.8) is 0 Å². The van der Waals surface area contributed by atoms with Crippen molar-refractivity contribution < 1.29 is 0 Å². The first kappa shape index (κ1) is 15.0. The first-order valence-corrected chi connectivity index (χ1v) is 8.13. The molecule has 3 heterocycles. The molecule has 0 saturated carbocycles. The minimum absolute atomic E-state index is 0.121. The molecule has 0 aliphatic carbocycles. The average molecular weight is 291 g/mol. The van der Waals surface area contributed by atoms with Crippen molar-refractivity contribution in [1.82, 2.24) is 24.9 Å². The van der Waals surface area contributed by atoms with Crippen molar-refractivity contribution in [2.24, 2.45) is 7.05 Å². The first-order valence-electron chi connectivity index (χ1n) is 8.13. The van der Waals surface area contributed by atoms with Gasteiger partial charge in [-0.1, -0.05) is 20.8 Å². The van der Waals surface area contributed by atoms with E-state index in [1.54, 1.807) is 0 Å². The number of hydrogen-bond acceptors (Lipinski definition) is 4. The van der Waals surface area contributed by atoms with E-state index in [9.17, 15) is 0 Å². The van der Waals surface area contributed by atoms with Crippen LogP contribution in [-0.2, 0) is 19.0 Å². The lowest BCUT2D eigenvalue weighted by molar-refractivity contribution is 0.0693. The lowest BCUT2D eigenvalue weighted by Gasteiger charge is -2.43. The van der Waals surface area contributed by atoms with Gasteiger partial charge in [0.25, 0.3) is 0 Å². The summed E-state index contributed by atoms with van der Waals surface area (Å²) < 4.78 is 1.96. The van der Waals surface area contributed by atoms with Crippen molar-refractivity contribution >= 4 is 0 Å². The van der Waals surface area contributed by atoms with Crippen LogP contribution in [-0.4, -0.2) is 64.9 Å². The maximum atomic E-state index is 4.68. The highest BCUT2D eigenvalue weighted by Crippen LogP contribution is 2.25. The van der Waals surface area contributed by atoms with Crippen LogP contribution in [0.25, 0.3) is 0 Å². The van der Waals surface area contributed by atoms with E-state index in [2.05, 4.69) is 47.2 Å². The monoisotopic (exact) mass is 291 g/mol. The number of hydrogen-bond donors (Lipinski definition) is 1. The zero-order valence-electron chi connectivity index (χ0n) is 13.9. The standard InChI is InChI=1S/C16H29N5/c1-16(2,3)15-13(11-19(4)18-15)12-20-5-7-21(8-6-20)14-9-17-10-14/h11,14,17H,5-10,12H2,1-4H3. The van der Waals surface area contributed by atoms with Gasteiger partial charge in [-0.2, -0.15) is 5.10 Å². The van der Waals surface area contributed by atoms with Gasteiger partial charge >= 0.3 is 0 Å². The van der Waals surface area contributed by atoms with Gasteiger partial charge in [0.2, 0.25) is 0 Å².